The third-order valence-electron chi connectivity index (χ3n) is 1.20. The molecule has 0 bridgehead atoms. The smallest absolute Gasteiger partial charge is 0.0921 e. The fourth-order valence-electron chi connectivity index (χ4n) is 0.631. The molecule has 10 heavy (non-hydrogen) atoms. The van der Waals surface area contributed by atoms with E-state index in [1.165, 1.54) is 20.6 Å². The number of aromatic nitrogens is 1. The minimum absolute atomic E-state index is 1.34. The van der Waals surface area contributed by atoms with Gasteiger partial charge in [0.1, 0.15) is 0 Å². The average molecular weight is 133 g/mol. The molecule has 0 saturated carbocycles. The van der Waals surface area contributed by atoms with Gasteiger partial charge in [0.25, 0.3) is 0 Å². The Hall–Kier alpha value is -0.525. The van der Waals surface area contributed by atoms with Gasteiger partial charge in [0.2, 0.25) is 0 Å². The first kappa shape index (κ1) is 9.47. The topological polar surface area (TPSA) is 15.8 Å². The lowest BCUT2D eigenvalue weighted by molar-refractivity contribution is 1.42. The van der Waals surface area contributed by atoms with Crippen molar-refractivity contribution < 1.29 is 0 Å². The van der Waals surface area contributed by atoms with Gasteiger partial charge in [-0.1, -0.05) is 6.82 Å². The highest BCUT2D eigenvalue weighted by Gasteiger charge is 1.76. The molecule has 1 rings (SSSR count). The van der Waals surface area contributed by atoms with Crippen LogP contribution < -0.4 is 0 Å². The number of rotatable bonds is 2. The van der Waals surface area contributed by atoms with Gasteiger partial charge in [-0.15, -0.1) is 6.22 Å². The molecule has 0 aliphatic rings. The molecule has 52 valence electrons. The van der Waals surface area contributed by atoms with E-state index in [9.17, 15) is 0 Å². The maximum atomic E-state index is 2.86. The summed E-state index contributed by atoms with van der Waals surface area (Å²) >= 11 is 0. The highest BCUT2D eigenvalue weighted by molar-refractivity contribution is 7.01. The first-order valence-electron chi connectivity index (χ1n) is 3.99. The first-order valence-corrected chi connectivity index (χ1v) is 3.99. The van der Waals surface area contributed by atoms with Gasteiger partial charge < -0.3 is 4.98 Å². The van der Waals surface area contributed by atoms with Crippen molar-refractivity contribution in [2.24, 2.45) is 0 Å². The third kappa shape index (κ3) is 7.47. The largest absolute Gasteiger partial charge is 0.368 e. The van der Waals surface area contributed by atoms with Crippen molar-refractivity contribution >= 4 is 22.2 Å². The molecule has 0 saturated heterocycles. The molecule has 0 fully saturated rings. The Labute approximate surface area is 65.5 Å². The fourth-order valence-corrected chi connectivity index (χ4v) is 0.631. The molecule has 0 aliphatic heterocycles. The Balaban J connectivity index is 0.000000162. The molecule has 0 unspecified atom stereocenters. The zero-order valence-electron chi connectivity index (χ0n) is 6.93. The van der Waals surface area contributed by atoms with E-state index < -0.39 is 0 Å². The van der Waals surface area contributed by atoms with Gasteiger partial charge >= 0.3 is 0 Å². The zero-order chi connectivity index (χ0) is 7.66. The van der Waals surface area contributed by atoms with Gasteiger partial charge in [0, 0.05) is 12.4 Å². The maximum Gasteiger partial charge on any atom is 0.0921 e. The lowest BCUT2D eigenvalue weighted by Crippen LogP contribution is -1.94. The Morgan fingerprint density at radius 3 is 2.10 bits per heavy atom. The maximum absolute atomic E-state index is 2.86. The fraction of sp³-hybridized carbons (Fsp3) is 0.333. The number of hydrogen-bond donors (Lipinski definition) is 1. The number of nitrogens with one attached hydrogen (secondary N) is 1. The lowest BCUT2D eigenvalue weighted by atomic mass is 9.37. The molecule has 0 aromatic carbocycles. The Morgan fingerprint density at radius 1 is 1.40 bits per heavy atom. The van der Waals surface area contributed by atoms with Crippen LogP contribution in [0.25, 0.3) is 0 Å². The molecule has 1 aromatic heterocycles. The molecule has 0 radical (unpaired) electrons. The van der Waals surface area contributed by atoms with E-state index in [-0.39, 0.29) is 0 Å². The van der Waals surface area contributed by atoms with E-state index in [1.54, 1.807) is 0 Å². The molecule has 1 heterocycles. The summed E-state index contributed by atoms with van der Waals surface area (Å²) in [6.07, 6.45) is 5.09. The molecule has 4 heteroatoms. The highest BCUT2D eigenvalue weighted by atomic mass is 14.6. The second kappa shape index (κ2) is 8.47. The van der Waals surface area contributed by atoms with Crippen LogP contribution in [0, 0.1) is 0 Å². The van der Waals surface area contributed by atoms with Crippen LogP contribution >= 0.6 is 0 Å². The summed E-state index contributed by atoms with van der Waals surface area (Å²) in [4.78, 5) is 2.86. The SMILES string of the molecule is BCBBC.c1cc[nH]c1. The number of hydrogen-bond acceptors (Lipinski definition) is 0. The van der Waals surface area contributed by atoms with Crippen molar-refractivity contribution in [1.29, 1.82) is 0 Å². The average Bonchev–Trinajstić information content (AvgIpc) is 2.44. The number of H-pyrrole nitrogens is 1. The Kier molecular flexibility index (Phi) is 8.03. The predicted octanol–water partition coefficient (Wildman–Crippen LogP) is -0.154. The van der Waals surface area contributed by atoms with Gasteiger partial charge in [-0.3, -0.25) is 0 Å². The van der Waals surface area contributed by atoms with E-state index in [0.717, 1.165) is 0 Å². The van der Waals surface area contributed by atoms with Gasteiger partial charge in [-0.25, -0.2) is 0 Å². The predicted molar refractivity (Wildman–Crippen MR) is 54.3 cm³/mol. The Morgan fingerprint density at radius 2 is 2.00 bits per heavy atom. The lowest BCUT2D eigenvalue weighted by Gasteiger charge is -1.72. The molecule has 1 aromatic rings. The Bertz CT molecular complexity index is 99.3. The molecule has 0 atom stereocenters. The molecular weight excluding hydrogens is 119 g/mol. The van der Waals surface area contributed by atoms with E-state index in [4.69, 9.17) is 0 Å². The van der Waals surface area contributed by atoms with Crippen molar-refractivity contribution in [2.45, 2.75) is 13.0 Å². The summed E-state index contributed by atoms with van der Waals surface area (Å²) in [5, 5.41) is 0. The van der Waals surface area contributed by atoms with Gasteiger partial charge in [-0.05, 0) is 12.1 Å². The molecule has 1 N–H and O–H groups in total. The van der Waals surface area contributed by atoms with Crippen LogP contribution in [0.3, 0.4) is 0 Å². The zero-order valence-corrected chi connectivity index (χ0v) is 6.93. The van der Waals surface area contributed by atoms with Crippen LogP contribution in [0.2, 0.25) is 13.0 Å². The summed E-state index contributed by atoms with van der Waals surface area (Å²) in [5.74, 6) is 0. The van der Waals surface area contributed by atoms with Crippen molar-refractivity contribution in [3.63, 3.8) is 0 Å². The molecule has 1 nitrogen and oxygen atoms in total. The normalized spacial score (nSPS) is 7.30. The van der Waals surface area contributed by atoms with Crippen molar-refractivity contribution in [3.8, 4) is 0 Å². The number of aromatic amines is 1. The minimum Gasteiger partial charge on any atom is -0.368 e. The minimum atomic E-state index is 1.34. The summed E-state index contributed by atoms with van der Waals surface area (Å²) in [5.41, 5.74) is 0. The van der Waals surface area contributed by atoms with Crippen LogP contribution in [0.5, 0.6) is 0 Å². The molecule has 0 spiro atoms. The first-order chi connectivity index (χ1) is 4.91. The van der Waals surface area contributed by atoms with Gasteiger partial charge in [0.05, 0.1) is 22.2 Å². The summed E-state index contributed by atoms with van der Waals surface area (Å²) < 4.78 is 0. The monoisotopic (exact) mass is 133 g/mol. The van der Waals surface area contributed by atoms with Crippen molar-refractivity contribution in [3.05, 3.63) is 24.5 Å². The summed E-state index contributed by atoms with van der Waals surface area (Å²) in [6, 6.07) is 3.89. The van der Waals surface area contributed by atoms with E-state index in [0.29, 0.717) is 0 Å². The summed E-state index contributed by atoms with van der Waals surface area (Å²) in [7, 11) is 4.94. The quantitative estimate of drug-likeness (QED) is 0.539. The van der Waals surface area contributed by atoms with Crippen LogP contribution in [0.1, 0.15) is 0 Å². The second-order valence-electron chi connectivity index (χ2n) is 2.24. The third-order valence-corrected chi connectivity index (χ3v) is 1.20. The van der Waals surface area contributed by atoms with Crippen LogP contribution in [0.15, 0.2) is 24.5 Å². The van der Waals surface area contributed by atoms with E-state index in [2.05, 4.69) is 19.7 Å². The van der Waals surface area contributed by atoms with E-state index in [1.807, 2.05) is 24.5 Å². The van der Waals surface area contributed by atoms with Crippen LogP contribution in [-0.4, -0.2) is 27.2 Å². The molecule has 0 aliphatic carbocycles. The van der Waals surface area contributed by atoms with Gasteiger partial charge in [-0.2, -0.15) is 0 Å². The molecular formula is C6H14B3N. The van der Waals surface area contributed by atoms with Gasteiger partial charge in [0.15, 0.2) is 0 Å². The van der Waals surface area contributed by atoms with E-state index >= 15 is 0 Å². The van der Waals surface area contributed by atoms with Crippen LogP contribution in [0.4, 0.5) is 0 Å². The second-order valence-corrected chi connectivity index (χ2v) is 2.24. The molecule has 0 amide bonds. The standard InChI is InChI=1S/C4H5N.C2H9B3/c1-2-4-5-3-1;1-4-5-2-3/h1-5H;4-5H,2-3H2,1H3. The van der Waals surface area contributed by atoms with Crippen LogP contribution in [-0.2, 0) is 0 Å². The highest BCUT2D eigenvalue weighted by Crippen LogP contribution is 1.72. The van der Waals surface area contributed by atoms with Crippen molar-refractivity contribution in [1.82, 2.24) is 4.98 Å². The summed E-state index contributed by atoms with van der Waals surface area (Å²) in [6.45, 7) is 2.21. The van der Waals surface area contributed by atoms with Crippen molar-refractivity contribution in [2.75, 3.05) is 0 Å².